The molecule has 3 aromatic rings. The van der Waals surface area contributed by atoms with Crippen LogP contribution >= 0.6 is 0 Å². The third-order valence-electron chi connectivity index (χ3n) is 4.19. The van der Waals surface area contributed by atoms with Crippen molar-refractivity contribution >= 4 is 22.5 Å². The number of nitrogens with zero attached hydrogens (tertiary/aromatic N) is 4. The first-order chi connectivity index (χ1) is 12.2. The minimum atomic E-state index is -1.22. The highest BCUT2D eigenvalue weighted by Crippen LogP contribution is 2.32. The van der Waals surface area contributed by atoms with Crippen molar-refractivity contribution in [3.05, 3.63) is 42.9 Å². The van der Waals surface area contributed by atoms with Gasteiger partial charge in [-0.05, 0) is 12.1 Å². The molecule has 4 N–H and O–H groups in total. The first-order valence-corrected chi connectivity index (χ1v) is 7.82. The molecule has 3 heterocycles. The summed E-state index contributed by atoms with van der Waals surface area (Å²) in [7, 11) is 0. The molecule has 1 aliphatic heterocycles. The maximum absolute atomic E-state index is 10.2. The third kappa shape index (κ3) is 2.72. The number of para-hydroxylation sites is 1. The smallest absolute Gasteiger partial charge is 0.181 e. The highest BCUT2D eigenvalue weighted by atomic mass is 16.6. The summed E-state index contributed by atoms with van der Waals surface area (Å²) < 4.78 is 6.90. The van der Waals surface area contributed by atoms with Crippen LogP contribution in [0.5, 0.6) is 0 Å². The van der Waals surface area contributed by atoms with Crippen molar-refractivity contribution < 1.29 is 20.1 Å². The lowest BCUT2D eigenvalue weighted by molar-refractivity contribution is -0.0566. The van der Waals surface area contributed by atoms with Gasteiger partial charge in [-0.3, -0.25) is 0 Å². The van der Waals surface area contributed by atoms with Crippen LogP contribution in [0, 0.1) is 0 Å². The minimum absolute atomic E-state index is 0.399. The fourth-order valence-corrected chi connectivity index (χ4v) is 2.89. The van der Waals surface area contributed by atoms with Crippen LogP contribution in [0.3, 0.4) is 0 Å². The number of ether oxygens (including phenoxy) is 1. The molecular formula is C16H17N5O4. The lowest BCUT2D eigenvalue weighted by atomic mass is 10.1. The Morgan fingerprint density at radius 1 is 1.12 bits per heavy atom. The van der Waals surface area contributed by atoms with Crippen molar-refractivity contribution in [3.8, 4) is 0 Å². The Balaban J connectivity index is 1.70. The maximum atomic E-state index is 10.2. The lowest BCUT2D eigenvalue weighted by Crippen LogP contribution is -2.33. The van der Waals surface area contributed by atoms with Gasteiger partial charge in [0.2, 0.25) is 0 Å². The van der Waals surface area contributed by atoms with E-state index in [4.69, 9.17) is 4.74 Å². The lowest BCUT2D eigenvalue weighted by Gasteiger charge is -2.15. The monoisotopic (exact) mass is 343 g/mol. The van der Waals surface area contributed by atoms with Crippen LogP contribution in [0.15, 0.2) is 42.9 Å². The summed E-state index contributed by atoms with van der Waals surface area (Å²) in [6, 6.07) is 9.54. The summed E-state index contributed by atoms with van der Waals surface area (Å²) in [4.78, 5) is 8.45. The number of hydrogen-bond acceptors (Lipinski definition) is 8. The van der Waals surface area contributed by atoms with Crippen molar-refractivity contribution in [2.45, 2.75) is 24.5 Å². The zero-order chi connectivity index (χ0) is 17.4. The Morgan fingerprint density at radius 3 is 2.64 bits per heavy atom. The van der Waals surface area contributed by atoms with E-state index in [0.717, 1.165) is 5.69 Å². The molecule has 0 spiro atoms. The summed E-state index contributed by atoms with van der Waals surface area (Å²) >= 11 is 0. The fourth-order valence-electron chi connectivity index (χ4n) is 2.89. The Kier molecular flexibility index (Phi) is 4.06. The normalized spacial score (nSPS) is 26.2. The topological polar surface area (TPSA) is 126 Å². The third-order valence-corrected chi connectivity index (χ3v) is 4.19. The van der Waals surface area contributed by atoms with Crippen molar-refractivity contribution in [2.75, 3.05) is 11.9 Å². The fraction of sp³-hybridized carbons (Fsp3) is 0.312. The van der Waals surface area contributed by atoms with Crippen LogP contribution in [-0.4, -0.2) is 60.0 Å². The zero-order valence-electron chi connectivity index (χ0n) is 13.1. The first-order valence-electron chi connectivity index (χ1n) is 7.82. The van der Waals surface area contributed by atoms with E-state index in [0.29, 0.717) is 16.9 Å². The molecule has 0 bridgehead atoms. The van der Waals surface area contributed by atoms with Gasteiger partial charge in [0.05, 0.1) is 18.2 Å². The van der Waals surface area contributed by atoms with Crippen LogP contribution in [0.4, 0.5) is 11.5 Å². The molecule has 25 heavy (non-hydrogen) atoms. The number of nitrogens with one attached hydrogen (secondary N) is 1. The zero-order valence-corrected chi connectivity index (χ0v) is 13.1. The van der Waals surface area contributed by atoms with E-state index in [1.807, 2.05) is 30.3 Å². The van der Waals surface area contributed by atoms with Gasteiger partial charge in [-0.2, -0.15) is 5.10 Å². The van der Waals surface area contributed by atoms with Gasteiger partial charge < -0.3 is 25.4 Å². The summed E-state index contributed by atoms with van der Waals surface area (Å²) in [5, 5.41) is 37.4. The van der Waals surface area contributed by atoms with Gasteiger partial charge in [0, 0.05) is 5.69 Å². The highest BCUT2D eigenvalue weighted by molar-refractivity contribution is 5.88. The van der Waals surface area contributed by atoms with Crippen molar-refractivity contribution in [3.63, 3.8) is 0 Å². The van der Waals surface area contributed by atoms with Gasteiger partial charge in [0.1, 0.15) is 30.5 Å². The van der Waals surface area contributed by atoms with Crippen molar-refractivity contribution in [2.24, 2.45) is 0 Å². The number of aromatic nitrogens is 4. The van der Waals surface area contributed by atoms with E-state index in [1.165, 1.54) is 11.0 Å². The quantitative estimate of drug-likeness (QED) is 0.529. The molecule has 9 heteroatoms. The molecule has 1 saturated heterocycles. The van der Waals surface area contributed by atoms with E-state index in [2.05, 4.69) is 20.4 Å². The molecule has 0 radical (unpaired) electrons. The molecule has 1 fully saturated rings. The second-order valence-corrected chi connectivity index (χ2v) is 5.77. The number of fused-ring (bicyclic) bond motifs is 1. The molecule has 4 atom stereocenters. The summed E-state index contributed by atoms with van der Waals surface area (Å²) in [5.74, 6) is 0.564. The number of aliphatic hydroxyl groups is 3. The highest BCUT2D eigenvalue weighted by Gasteiger charge is 2.44. The molecule has 4 rings (SSSR count). The molecule has 1 aliphatic rings. The van der Waals surface area contributed by atoms with Gasteiger partial charge >= 0.3 is 0 Å². The Hall–Kier alpha value is -2.59. The minimum Gasteiger partial charge on any atom is -0.394 e. The molecule has 0 saturated carbocycles. The molecule has 1 aromatic carbocycles. The van der Waals surface area contributed by atoms with E-state index in [9.17, 15) is 15.3 Å². The van der Waals surface area contributed by atoms with Gasteiger partial charge in [-0.25, -0.2) is 14.6 Å². The number of hydrogen-bond donors (Lipinski definition) is 4. The second kappa shape index (κ2) is 6.37. The number of anilines is 2. The van der Waals surface area contributed by atoms with Gasteiger partial charge in [0.15, 0.2) is 11.9 Å². The molecule has 2 aromatic heterocycles. The predicted octanol–water partition coefficient (Wildman–Crippen LogP) is 0.181. The van der Waals surface area contributed by atoms with Gasteiger partial charge in [-0.15, -0.1) is 0 Å². The molecule has 130 valence electrons. The summed E-state index contributed by atoms with van der Waals surface area (Å²) in [5.41, 5.74) is 1.31. The molecule has 0 unspecified atom stereocenters. The largest absolute Gasteiger partial charge is 0.394 e. The Bertz CT molecular complexity index is 871. The van der Waals surface area contributed by atoms with Gasteiger partial charge in [0.25, 0.3) is 0 Å². The Morgan fingerprint density at radius 2 is 1.92 bits per heavy atom. The van der Waals surface area contributed by atoms with Gasteiger partial charge in [-0.1, -0.05) is 18.2 Å². The van der Waals surface area contributed by atoms with Crippen molar-refractivity contribution in [1.82, 2.24) is 19.7 Å². The summed E-state index contributed by atoms with van der Waals surface area (Å²) in [6.45, 7) is -0.399. The van der Waals surface area contributed by atoms with E-state index < -0.39 is 31.1 Å². The molecular weight excluding hydrogens is 326 g/mol. The predicted molar refractivity (Wildman–Crippen MR) is 88.1 cm³/mol. The van der Waals surface area contributed by atoms with Crippen LogP contribution in [0.1, 0.15) is 6.23 Å². The average molecular weight is 343 g/mol. The van der Waals surface area contributed by atoms with E-state index in [1.54, 1.807) is 6.20 Å². The first kappa shape index (κ1) is 15.9. The maximum Gasteiger partial charge on any atom is 0.181 e. The van der Waals surface area contributed by atoms with Crippen LogP contribution in [-0.2, 0) is 4.74 Å². The number of rotatable bonds is 4. The number of aliphatic hydroxyl groups excluding tert-OH is 3. The number of benzene rings is 1. The summed E-state index contributed by atoms with van der Waals surface area (Å²) in [6.07, 6.45) is -1.28. The standard InChI is InChI=1S/C16H17N5O4/c22-7-11-12(23)13(24)16(25-11)21-15-10(6-19-21)14(17-8-18-15)20-9-4-2-1-3-5-9/h1-6,8,11-13,16,22-24H,7H2,(H,17,18,20)/t11-,12+,13-,16-/m0/s1. The van der Waals surface area contributed by atoms with Crippen LogP contribution in [0.25, 0.3) is 11.0 Å². The molecule has 9 nitrogen and oxygen atoms in total. The van der Waals surface area contributed by atoms with Crippen molar-refractivity contribution in [1.29, 1.82) is 0 Å². The Labute approximate surface area is 142 Å². The average Bonchev–Trinajstić information content (AvgIpc) is 3.18. The molecule has 0 amide bonds. The van der Waals surface area contributed by atoms with Crippen LogP contribution in [0.2, 0.25) is 0 Å². The van der Waals surface area contributed by atoms with E-state index in [-0.39, 0.29) is 0 Å². The van der Waals surface area contributed by atoms with E-state index >= 15 is 0 Å². The molecule has 0 aliphatic carbocycles. The second-order valence-electron chi connectivity index (χ2n) is 5.77. The SMILES string of the molecule is OC[C@@H]1O[C@H](n2ncc3c(Nc4ccccc4)ncnc32)[C@@H](O)[C@@H]1O. The van der Waals surface area contributed by atoms with Crippen LogP contribution < -0.4 is 5.32 Å².